The van der Waals surface area contributed by atoms with Gasteiger partial charge in [0.25, 0.3) is 0 Å². The number of anilines is 1. The minimum absolute atomic E-state index is 0.225. The zero-order valence-electron chi connectivity index (χ0n) is 10.4. The number of hydrogen-bond acceptors (Lipinski definition) is 5. The largest absolute Gasteiger partial charge is 0.356 e. The molecule has 2 rings (SSSR count). The summed E-state index contributed by atoms with van der Waals surface area (Å²) in [6.45, 7) is 4.91. The summed E-state index contributed by atoms with van der Waals surface area (Å²) in [7, 11) is 1.84. The lowest BCUT2D eigenvalue weighted by molar-refractivity contribution is -0.132. The highest BCUT2D eigenvalue weighted by Crippen LogP contribution is 2.20. The molecule has 1 aliphatic heterocycles. The van der Waals surface area contributed by atoms with E-state index in [1.165, 1.54) is 11.5 Å². The zero-order chi connectivity index (χ0) is 12.4. The molecule has 5 nitrogen and oxygen atoms in total. The van der Waals surface area contributed by atoms with E-state index < -0.39 is 0 Å². The molecule has 6 heteroatoms. The summed E-state index contributed by atoms with van der Waals surface area (Å²) in [6.07, 6.45) is 1.49. The summed E-state index contributed by atoms with van der Waals surface area (Å²) < 4.78 is 4.30. The molecular formula is C11H18N4OS. The van der Waals surface area contributed by atoms with Gasteiger partial charge in [0, 0.05) is 43.5 Å². The summed E-state index contributed by atoms with van der Waals surface area (Å²) in [6, 6.07) is 0.297. The molecule has 1 saturated heterocycles. The number of nitrogens with one attached hydrogen (secondary N) is 1. The van der Waals surface area contributed by atoms with Crippen LogP contribution in [-0.2, 0) is 4.79 Å². The van der Waals surface area contributed by atoms with E-state index in [1.54, 1.807) is 4.90 Å². The Morgan fingerprint density at radius 1 is 1.53 bits per heavy atom. The molecule has 0 unspecified atom stereocenters. The quantitative estimate of drug-likeness (QED) is 0.892. The lowest BCUT2D eigenvalue weighted by Gasteiger charge is -2.29. The number of carbonyl (C=O) groups is 1. The summed E-state index contributed by atoms with van der Waals surface area (Å²) >= 11 is 1.40. The maximum absolute atomic E-state index is 11.4. The molecule has 94 valence electrons. The second-order valence-corrected chi connectivity index (χ2v) is 5.52. The Morgan fingerprint density at radius 2 is 2.29 bits per heavy atom. The first-order valence-corrected chi connectivity index (χ1v) is 6.67. The number of likely N-dealkylation sites (tertiary alicyclic amines) is 1. The van der Waals surface area contributed by atoms with Crippen molar-refractivity contribution in [1.82, 2.24) is 14.3 Å². The normalized spacial score (nSPS) is 21.1. The van der Waals surface area contributed by atoms with E-state index in [0.717, 1.165) is 23.9 Å². The summed E-state index contributed by atoms with van der Waals surface area (Å²) in [5.41, 5.74) is 0. The molecule has 0 radical (unpaired) electrons. The van der Waals surface area contributed by atoms with Crippen molar-refractivity contribution < 1.29 is 4.79 Å². The number of piperidine rings is 1. The monoisotopic (exact) mass is 254 g/mol. The molecular weight excluding hydrogens is 236 g/mol. The average Bonchev–Trinajstić information content (AvgIpc) is 2.72. The Hall–Kier alpha value is -1.17. The molecule has 0 bridgehead atoms. The molecule has 17 heavy (non-hydrogen) atoms. The van der Waals surface area contributed by atoms with Crippen molar-refractivity contribution in [2.75, 3.05) is 18.9 Å². The van der Waals surface area contributed by atoms with Crippen LogP contribution in [0.15, 0.2) is 0 Å². The Balaban J connectivity index is 1.94. The summed E-state index contributed by atoms with van der Waals surface area (Å²) in [5.74, 6) is 1.47. The number of nitrogens with zero attached hydrogens (tertiary/aromatic N) is 3. The van der Waals surface area contributed by atoms with Crippen LogP contribution >= 0.6 is 11.5 Å². The van der Waals surface area contributed by atoms with Crippen molar-refractivity contribution in [3.8, 4) is 0 Å². The molecule has 0 aromatic carbocycles. The van der Waals surface area contributed by atoms with Gasteiger partial charge in [-0.1, -0.05) is 13.8 Å². The van der Waals surface area contributed by atoms with Crippen LogP contribution in [0.3, 0.4) is 0 Å². The Kier molecular flexibility index (Phi) is 3.61. The first-order chi connectivity index (χ1) is 8.06. The lowest BCUT2D eigenvalue weighted by Crippen LogP contribution is -2.43. The third-order valence-corrected chi connectivity index (χ3v) is 3.57. The van der Waals surface area contributed by atoms with Crippen LogP contribution in [0.25, 0.3) is 0 Å². The van der Waals surface area contributed by atoms with E-state index in [9.17, 15) is 4.79 Å². The van der Waals surface area contributed by atoms with Gasteiger partial charge in [-0.15, -0.1) is 0 Å². The molecule has 1 aromatic rings. The van der Waals surface area contributed by atoms with Gasteiger partial charge in [-0.25, -0.2) is 4.98 Å². The average molecular weight is 254 g/mol. The van der Waals surface area contributed by atoms with Gasteiger partial charge in [0.15, 0.2) is 0 Å². The van der Waals surface area contributed by atoms with E-state index in [4.69, 9.17) is 0 Å². The topological polar surface area (TPSA) is 58.1 Å². The van der Waals surface area contributed by atoms with Crippen molar-refractivity contribution in [2.45, 2.75) is 38.6 Å². The molecule has 0 saturated carbocycles. The second kappa shape index (κ2) is 5.00. The minimum atomic E-state index is 0.225. The maximum Gasteiger partial charge on any atom is 0.222 e. The van der Waals surface area contributed by atoms with E-state index in [0.29, 0.717) is 18.4 Å². The number of carbonyl (C=O) groups excluding carboxylic acids is 1. The van der Waals surface area contributed by atoms with Gasteiger partial charge < -0.3 is 10.2 Å². The SMILES string of the molecule is CC(C)c1nsc(N[C@@H]2CCC(=O)N(C)C2)n1. The fourth-order valence-electron chi connectivity index (χ4n) is 1.83. The number of hydrogen-bond donors (Lipinski definition) is 1. The molecule has 1 N–H and O–H groups in total. The van der Waals surface area contributed by atoms with Gasteiger partial charge in [-0.2, -0.15) is 4.37 Å². The van der Waals surface area contributed by atoms with Crippen molar-refractivity contribution in [3.05, 3.63) is 5.82 Å². The lowest BCUT2D eigenvalue weighted by atomic mass is 10.1. The van der Waals surface area contributed by atoms with Gasteiger partial charge in [0.2, 0.25) is 11.0 Å². The first kappa shape index (κ1) is 12.3. The van der Waals surface area contributed by atoms with E-state index >= 15 is 0 Å². The highest BCUT2D eigenvalue weighted by atomic mass is 32.1. The van der Waals surface area contributed by atoms with Crippen LogP contribution in [0.5, 0.6) is 0 Å². The molecule has 1 fully saturated rings. The maximum atomic E-state index is 11.4. The standard InChI is InChI=1S/C11H18N4OS/c1-7(2)10-13-11(17-14-10)12-8-4-5-9(16)15(3)6-8/h7-8H,4-6H2,1-3H3,(H,12,13,14)/t8-/m1/s1. The predicted molar refractivity (Wildman–Crippen MR) is 68.3 cm³/mol. The fraction of sp³-hybridized carbons (Fsp3) is 0.727. The molecule has 1 atom stereocenters. The zero-order valence-corrected chi connectivity index (χ0v) is 11.3. The van der Waals surface area contributed by atoms with Crippen LogP contribution in [0.4, 0.5) is 5.13 Å². The van der Waals surface area contributed by atoms with E-state index in [-0.39, 0.29) is 5.91 Å². The minimum Gasteiger partial charge on any atom is -0.356 e. The van der Waals surface area contributed by atoms with Gasteiger partial charge in [0.05, 0.1) is 0 Å². The Morgan fingerprint density at radius 3 is 2.88 bits per heavy atom. The number of amides is 1. The molecule has 1 aliphatic rings. The van der Waals surface area contributed by atoms with Crippen molar-refractivity contribution in [3.63, 3.8) is 0 Å². The molecule has 0 spiro atoms. The molecule has 2 heterocycles. The van der Waals surface area contributed by atoms with Crippen molar-refractivity contribution >= 4 is 22.6 Å². The van der Waals surface area contributed by atoms with Gasteiger partial charge >= 0.3 is 0 Å². The fourth-order valence-corrected chi connectivity index (χ4v) is 2.62. The predicted octanol–water partition coefficient (Wildman–Crippen LogP) is 1.69. The third kappa shape index (κ3) is 2.94. The van der Waals surface area contributed by atoms with Crippen LogP contribution < -0.4 is 5.32 Å². The van der Waals surface area contributed by atoms with E-state index in [2.05, 4.69) is 28.5 Å². The molecule has 0 aliphatic carbocycles. The van der Waals surface area contributed by atoms with Crippen molar-refractivity contribution in [1.29, 1.82) is 0 Å². The highest BCUT2D eigenvalue weighted by molar-refractivity contribution is 7.09. The number of rotatable bonds is 3. The van der Waals surface area contributed by atoms with Crippen LogP contribution in [0.1, 0.15) is 38.4 Å². The highest BCUT2D eigenvalue weighted by Gasteiger charge is 2.23. The molecule has 1 aromatic heterocycles. The Bertz CT molecular complexity index is 404. The Labute approximate surface area is 105 Å². The van der Waals surface area contributed by atoms with Gasteiger partial charge in [-0.3, -0.25) is 4.79 Å². The van der Waals surface area contributed by atoms with Crippen molar-refractivity contribution in [2.24, 2.45) is 0 Å². The van der Waals surface area contributed by atoms with Crippen LogP contribution in [0.2, 0.25) is 0 Å². The van der Waals surface area contributed by atoms with Gasteiger partial charge in [0.1, 0.15) is 5.82 Å². The second-order valence-electron chi connectivity index (χ2n) is 4.77. The smallest absolute Gasteiger partial charge is 0.222 e. The summed E-state index contributed by atoms with van der Waals surface area (Å²) in [5, 5.41) is 4.22. The van der Waals surface area contributed by atoms with Crippen LogP contribution in [0, 0.1) is 0 Å². The van der Waals surface area contributed by atoms with Crippen LogP contribution in [-0.4, -0.2) is 39.8 Å². The third-order valence-electron chi connectivity index (χ3n) is 2.91. The molecule has 1 amide bonds. The van der Waals surface area contributed by atoms with E-state index in [1.807, 2.05) is 7.05 Å². The number of aromatic nitrogens is 2. The first-order valence-electron chi connectivity index (χ1n) is 5.90. The summed E-state index contributed by atoms with van der Waals surface area (Å²) in [4.78, 5) is 17.6. The number of likely N-dealkylation sites (N-methyl/N-ethyl adjacent to an activating group) is 1. The van der Waals surface area contributed by atoms with Gasteiger partial charge in [-0.05, 0) is 6.42 Å².